The second-order valence-electron chi connectivity index (χ2n) is 4.48. The lowest BCUT2D eigenvalue weighted by atomic mass is 9.81. The van der Waals surface area contributed by atoms with E-state index in [2.05, 4.69) is 37.2 Å². The summed E-state index contributed by atoms with van der Waals surface area (Å²) in [5.74, 6) is 0.199. The van der Waals surface area contributed by atoms with Gasteiger partial charge in [0.2, 0.25) is 0 Å². The quantitative estimate of drug-likeness (QED) is 0.586. The Kier molecular flexibility index (Phi) is 4.42. The molecule has 0 spiro atoms. The molecule has 2 radical (unpaired) electrons. The van der Waals surface area contributed by atoms with Gasteiger partial charge in [0.05, 0.1) is 14.0 Å². The van der Waals surface area contributed by atoms with E-state index in [0.717, 1.165) is 18.4 Å². The molecule has 4 atom stereocenters. The van der Waals surface area contributed by atoms with Crippen LogP contribution in [0.15, 0.2) is 18.7 Å². The summed E-state index contributed by atoms with van der Waals surface area (Å²) in [5, 5.41) is 2.34. The Morgan fingerprint density at radius 3 is 2.41 bits per heavy atom. The highest BCUT2D eigenvalue weighted by Crippen LogP contribution is 2.31. The Bertz CT molecular complexity index is 402. The van der Waals surface area contributed by atoms with Gasteiger partial charge in [-0.15, -0.1) is 18.5 Å². The summed E-state index contributed by atoms with van der Waals surface area (Å²) in [6.45, 7) is 4.49. The highest BCUT2D eigenvalue weighted by atomic mass is 31.0. The van der Waals surface area contributed by atoms with Crippen molar-refractivity contribution in [3.05, 3.63) is 29.8 Å². The van der Waals surface area contributed by atoms with Crippen molar-refractivity contribution in [1.29, 1.82) is 0 Å². The van der Waals surface area contributed by atoms with Gasteiger partial charge in [0.1, 0.15) is 0 Å². The summed E-state index contributed by atoms with van der Waals surface area (Å²) in [7, 11) is 11.4. The second-order valence-corrected chi connectivity index (χ2v) is 5.72. The summed E-state index contributed by atoms with van der Waals surface area (Å²) in [4.78, 5) is 0. The summed E-state index contributed by atoms with van der Waals surface area (Å²) >= 11 is 0. The number of benzene rings is 1. The number of hydrogen-bond acceptors (Lipinski definition) is 1. The van der Waals surface area contributed by atoms with E-state index >= 15 is 0 Å². The van der Waals surface area contributed by atoms with E-state index < -0.39 is 0 Å². The predicted octanol–water partition coefficient (Wildman–Crippen LogP) is 2.14. The first-order chi connectivity index (χ1) is 8.11. The monoisotopic (exact) mass is 262 g/mol. The zero-order chi connectivity index (χ0) is 12.4. The molecule has 4 heteroatoms. The molecule has 0 N–H and O–H groups in total. The maximum absolute atomic E-state index is 5.83. The smallest absolute Gasteiger partial charge is 0.0825 e. The Morgan fingerprint density at radius 1 is 1.29 bits per heavy atom. The van der Waals surface area contributed by atoms with Crippen LogP contribution in [0.4, 0.5) is 0 Å². The van der Waals surface area contributed by atoms with E-state index in [1.165, 1.54) is 16.2 Å². The lowest BCUT2D eigenvalue weighted by Gasteiger charge is -2.28. The van der Waals surface area contributed by atoms with Gasteiger partial charge in [0.15, 0.2) is 0 Å². The third kappa shape index (κ3) is 2.99. The molecular weight excluding hydrogens is 245 g/mol. The predicted molar refractivity (Wildman–Crippen MR) is 82.7 cm³/mol. The van der Waals surface area contributed by atoms with E-state index in [-0.39, 0.29) is 11.9 Å². The van der Waals surface area contributed by atoms with E-state index in [0.29, 0.717) is 6.61 Å². The minimum atomic E-state index is 0.187. The molecule has 0 saturated carbocycles. The molecule has 1 aliphatic rings. The molecule has 1 aromatic rings. The number of rotatable bonds is 2. The van der Waals surface area contributed by atoms with E-state index in [1.807, 2.05) is 6.08 Å². The molecule has 1 saturated heterocycles. The topological polar surface area (TPSA) is 9.23 Å². The first kappa shape index (κ1) is 13.3. The number of ether oxygens (including phenoxy) is 1. The minimum absolute atomic E-state index is 0.187. The van der Waals surface area contributed by atoms with Crippen molar-refractivity contribution in [2.24, 2.45) is 0 Å². The summed E-state index contributed by atoms with van der Waals surface area (Å²) < 4.78 is 5.79. The fourth-order valence-electron chi connectivity index (χ4n) is 2.18. The SMILES string of the molecule is [B]C1CCC(c2cc(P)c(C=C)c(P)c2)OC1. The normalized spacial score (nSPS) is 24.6. The first-order valence-electron chi connectivity index (χ1n) is 5.80. The third-order valence-corrected chi connectivity index (χ3v) is 4.11. The highest BCUT2D eigenvalue weighted by molar-refractivity contribution is 7.30. The van der Waals surface area contributed by atoms with Crippen LogP contribution in [0, 0.1) is 0 Å². The molecule has 0 bridgehead atoms. The van der Waals surface area contributed by atoms with Crippen molar-refractivity contribution in [3.8, 4) is 0 Å². The van der Waals surface area contributed by atoms with E-state index in [9.17, 15) is 0 Å². The molecule has 1 aliphatic heterocycles. The van der Waals surface area contributed by atoms with Gasteiger partial charge in [0.25, 0.3) is 0 Å². The molecule has 1 nitrogen and oxygen atoms in total. The van der Waals surface area contributed by atoms with Gasteiger partial charge in [-0.05, 0) is 40.3 Å². The van der Waals surface area contributed by atoms with Gasteiger partial charge < -0.3 is 4.74 Å². The van der Waals surface area contributed by atoms with Gasteiger partial charge in [-0.1, -0.05) is 24.9 Å². The standard InChI is InChI=1S/C13H17BOP2/c1-2-10-12(16)5-8(6-13(10)17)11-4-3-9(14)7-15-11/h2,5-6,9,11H,1,3-4,7,16-17H2. The first-order valence-corrected chi connectivity index (χ1v) is 6.95. The molecular formula is C13H17BOP2. The Labute approximate surface area is 109 Å². The van der Waals surface area contributed by atoms with Crippen LogP contribution < -0.4 is 10.6 Å². The maximum Gasteiger partial charge on any atom is 0.0825 e. The molecule has 0 aliphatic carbocycles. The Hall–Kier alpha value is -0.155. The molecule has 1 fully saturated rings. The summed E-state index contributed by atoms with van der Waals surface area (Å²) in [6.07, 6.45) is 4.11. The minimum Gasteiger partial charge on any atom is -0.374 e. The van der Waals surface area contributed by atoms with Crippen molar-refractivity contribution >= 4 is 43.0 Å². The van der Waals surface area contributed by atoms with Gasteiger partial charge in [-0.3, -0.25) is 0 Å². The Balaban J connectivity index is 2.25. The fourth-order valence-corrected chi connectivity index (χ4v) is 3.30. The van der Waals surface area contributed by atoms with Crippen LogP contribution in [0.1, 0.15) is 30.1 Å². The lowest BCUT2D eigenvalue weighted by molar-refractivity contribution is 0.0157. The van der Waals surface area contributed by atoms with Crippen molar-refractivity contribution in [2.75, 3.05) is 6.61 Å². The molecule has 2 rings (SSSR count). The largest absolute Gasteiger partial charge is 0.374 e. The van der Waals surface area contributed by atoms with Gasteiger partial charge in [0, 0.05) is 6.61 Å². The van der Waals surface area contributed by atoms with Gasteiger partial charge in [-0.25, -0.2) is 0 Å². The van der Waals surface area contributed by atoms with Crippen LogP contribution in [0.3, 0.4) is 0 Å². The van der Waals surface area contributed by atoms with Gasteiger partial charge >= 0.3 is 0 Å². The highest BCUT2D eigenvalue weighted by Gasteiger charge is 2.20. The van der Waals surface area contributed by atoms with Gasteiger partial charge in [-0.2, -0.15) is 0 Å². The van der Waals surface area contributed by atoms with Crippen molar-refractivity contribution in [2.45, 2.75) is 24.8 Å². The van der Waals surface area contributed by atoms with Crippen LogP contribution in [-0.4, -0.2) is 14.5 Å². The zero-order valence-corrected chi connectivity index (χ0v) is 12.2. The van der Waals surface area contributed by atoms with Crippen molar-refractivity contribution in [3.63, 3.8) is 0 Å². The Morgan fingerprint density at radius 2 is 1.94 bits per heavy atom. The molecule has 0 aromatic heterocycles. The molecule has 1 heterocycles. The maximum atomic E-state index is 5.83. The van der Waals surface area contributed by atoms with Crippen LogP contribution in [-0.2, 0) is 4.74 Å². The summed E-state index contributed by atoms with van der Waals surface area (Å²) in [5.41, 5.74) is 2.40. The van der Waals surface area contributed by atoms with Crippen LogP contribution in [0.25, 0.3) is 6.08 Å². The second kappa shape index (κ2) is 5.66. The zero-order valence-electron chi connectivity index (χ0n) is 9.86. The molecule has 17 heavy (non-hydrogen) atoms. The molecule has 0 amide bonds. The van der Waals surface area contributed by atoms with E-state index in [1.54, 1.807) is 0 Å². The molecule has 1 aromatic carbocycles. The molecule has 88 valence electrons. The average Bonchev–Trinajstić information content (AvgIpc) is 2.29. The van der Waals surface area contributed by atoms with Crippen LogP contribution in [0.2, 0.25) is 5.82 Å². The van der Waals surface area contributed by atoms with Crippen molar-refractivity contribution in [1.82, 2.24) is 0 Å². The summed E-state index contributed by atoms with van der Waals surface area (Å²) in [6, 6.07) is 4.33. The van der Waals surface area contributed by atoms with Crippen LogP contribution >= 0.6 is 18.5 Å². The van der Waals surface area contributed by atoms with E-state index in [4.69, 9.17) is 12.6 Å². The fraction of sp³-hybridized carbons (Fsp3) is 0.385. The third-order valence-electron chi connectivity index (χ3n) is 3.15. The molecule has 4 unspecified atom stereocenters. The van der Waals surface area contributed by atoms with Crippen molar-refractivity contribution < 1.29 is 4.74 Å². The lowest BCUT2D eigenvalue weighted by Crippen LogP contribution is -2.20. The average molecular weight is 262 g/mol. The number of hydrogen-bond donors (Lipinski definition) is 0. The van der Waals surface area contributed by atoms with Crippen LogP contribution in [0.5, 0.6) is 0 Å².